The molecule has 0 aliphatic carbocycles. The smallest absolute Gasteiger partial charge is 0.0342 e. The molecular weight excluding hydrogens is 164 g/mol. The topological polar surface area (TPSA) is 0 Å². The summed E-state index contributed by atoms with van der Waals surface area (Å²) in [5, 5.41) is 0. The minimum atomic E-state index is 1.09. The Morgan fingerprint density at radius 3 is 2.92 bits per heavy atom. The van der Waals surface area contributed by atoms with Gasteiger partial charge in [-0.15, -0.1) is 11.3 Å². The average molecular weight is 178 g/mol. The molecule has 0 saturated carbocycles. The normalized spacial score (nSPS) is 10.8. The molecule has 0 N–H and O–H groups in total. The maximum absolute atomic E-state index is 3.79. The van der Waals surface area contributed by atoms with E-state index in [9.17, 15) is 0 Å². The molecule has 1 aromatic heterocycles. The highest BCUT2D eigenvalue weighted by atomic mass is 32.1. The van der Waals surface area contributed by atoms with Crippen molar-refractivity contribution in [2.24, 2.45) is 0 Å². The van der Waals surface area contributed by atoms with E-state index >= 15 is 0 Å². The summed E-state index contributed by atoms with van der Waals surface area (Å²) in [6, 6.07) is 2.17. The van der Waals surface area contributed by atoms with Gasteiger partial charge in [-0.25, -0.2) is 0 Å². The SMILES string of the molecule is C=Cc1cc(C)sc1/C=C\CC. The predicted molar refractivity (Wildman–Crippen MR) is 58.5 cm³/mol. The Balaban J connectivity index is 2.96. The molecule has 0 aliphatic heterocycles. The van der Waals surface area contributed by atoms with Crippen LogP contribution in [0.4, 0.5) is 0 Å². The van der Waals surface area contributed by atoms with Crippen molar-refractivity contribution in [3.8, 4) is 0 Å². The van der Waals surface area contributed by atoms with Gasteiger partial charge in [0.25, 0.3) is 0 Å². The minimum Gasteiger partial charge on any atom is -0.141 e. The largest absolute Gasteiger partial charge is 0.141 e. The van der Waals surface area contributed by atoms with Crippen molar-refractivity contribution in [2.45, 2.75) is 20.3 Å². The summed E-state index contributed by atoms with van der Waals surface area (Å²) in [7, 11) is 0. The van der Waals surface area contributed by atoms with Crippen molar-refractivity contribution in [2.75, 3.05) is 0 Å². The third kappa shape index (κ3) is 2.08. The quantitative estimate of drug-likeness (QED) is 0.653. The molecule has 64 valence electrons. The second-order valence-corrected chi connectivity index (χ2v) is 3.98. The molecule has 1 aromatic rings. The van der Waals surface area contributed by atoms with Gasteiger partial charge in [-0.3, -0.25) is 0 Å². The Kier molecular flexibility index (Phi) is 3.30. The fourth-order valence-corrected chi connectivity index (χ4v) is 2.02. The van der Waals surface area contributed by atoms with Gasteiger partial charge in [-0.05, 0) is 31.1 Å². The van der Waals surface area contributed by atoms with Gasteiger partial charge in [0.2, 0.25) is 0 Å². The molecule has 0 atom stereocenters. The van der Waals surface area contributed by atoms with Crippen LogP contribution >= 0.6 is 11.3 Å². The van der Waals surface area contributed by atoms with Crippen LogP contribution < -0.4 is 0 Å². The highest BCUT2D eigenvalue weighted by molar-refractivity contribution is 7.13. The fraction of sp³-hybridized carbons (Fsp3) is 0.273. The van der Waals surface area contributed by atoms with Crippen LogP contribution in [0.15, 0.2) is 18.7 Å². The molecule has 0 radical (unpaired) electrons. The van der Waals surface area contributed by atoms with E-state index in [1.54, 1.807) is 0 Å². The molecule has 0 spiro atoms. The van der Waals surface area contributed by atoms with E-state index in [1.165, 1.54) is 15.3 Å². The Morgan fingerprint density at radius 1 is 1.58 bits per heavy atom. The second-order valence-electron chi connectivity index (χ2n) is 2.69. The van der Waals surface area contributed by atoms with Crippen molar-refractivity contribution in [3.63, 3.8) is 0 Å². The van der Waals surface area contributed by atoms with Crippen molar-refractivity contribution in [3.05, 3.63) is 34.0 Å². The summed E-state index contributed by atoms with van der Waals surface area (Å²) in [6.45, 7) is 8.06. The molecule has 1 rings (SSSR count). The van der Waals surface area contributed by atoms with E-state index in [1.807, 2.05) is 17.4 Å². The third-order valence-electron chi connectivity index (χ3n) is 1.64. The summed E-state index contributed by atoms with van der Waals surface area (Å²) in [5.74, 6) is 0. The zero-order chi connectivity index (χ0) is 8.97. The number of thiophene rings is 1. The van der Waals surface area contributed by atoms with Crippen molar-refractivity contribution >= 4 is 23.5 Å². The van der Waals surface area contributed by atoms with Crippen LogP contribution in [0.1, 0.15) is 28.7 Å². The van der Waals surface area contributed by atoms with Crippen LogP contribution in [-0.2, 0) is 0 Å². The second kappa shape index (κ2) is 4.27. The molecule has 1 heterocycles. The van der Waals surface area contributed by atoms with E-state index in [4.69, 9.17) is 0 Å². The predicted octanol–water partition coefficient (Wildman–Crippen LogP) is 4.12. The number of hydrogen-bond donors (Lipinski definition) is 0. The maximum Gasteiger partial charge on any atom is 0.0342 e. The zero-order valence-electron chi connectivity index (χ0n) is 7.63. The van der Waals surface area contributed by atoms with Gasteiger partial charge in [0.05, 0.1) is 0 Å². The average Bonchev–Trinajstić information content (AvgIpc) is 2.42. The Morgan fingerprint density at radius 2 is 2.33 bits per heavy atom. The summed E-state index contributed by atoms with van der Waals surface area (Å²) >= 11 is 1.82. The molecule has 0 saturated heterocycles. The van der Waals surface area contributed by atoms with E-state index in [0.717, 1.165) is 6.42 Å². The van der Waals surface area contributed by atoms with Crippen molar-refractivity contribution < 1.29 is 0 Å². The van der Waals surface area contributed by atoms with Gasteiger partial charge >= 0.3 is 0 Å². The first-order valence-electron chi connectivity index (χ1n) is 4.17. The lowest BCUT2D eigenvalue weighted by Gasteiger charge is -1.88. The standard InChI is InChI=1S/C11H14S/c1-4-6-7-11-10(5-2)8-9(3)12-11/h5-8H,2,4H2,1,3H3/b7-6-. The molecular formula is C11H14S. The molecule has 12 heavy (non-hydrogen) atoms. The molecule has 0 aromatic carbocycles. The van der Waals surface area contributed by atoms with E-state index in [2.05, 4.69) is 38.6 Å². The van der Waals surface area contributed by atoms with Crippen molar-refractivity contribution in [1.82, 2.24) is 0 Å². The van der Waals surface area contributed by atoms with Gasteiger partial charge in [0, 0.05) is 9.75 Å². The summed E-state index contributed by atoms with van der Waals surface area (Å²) in [4.78, 5) is 2.67. The van der Waals surface area contributed by atoms with Crippen LogP contribution in [0.3, 0.4) is 0 Å². The lowest BCUT2D eigenvalue weighted by Crippen LogP contribution is -1.66. The molecule has 0 aliphatic rings. The highest BCUT2D eigenvalue weighted by Gasteiger charge is 1.98. The number of aryl methyl sites for hydroxylation is 1. The van der Waals surface area contributed by atoms with Gasteiger partial charge in [-0.1, -0.05) is 25.7 Å². The Hall–Kier alpha value is -0.820. The summed E-state index contributed by atoms with van der Waals surface area (Å²) < 4.78 is 0. The monoisotopic (exact) mass is 178 g/mol. The summed E-state index contributed by atoms with van der Waals surface area (Å²) in [6.07, 6.45) is 7.36. The number of hydrogen-bond acceptors (Lipinski definition) is 1. The Labute approximate surface area is 78.2 Å². The van der Waals surface area contributed by atoms with E-state index in [0.29, 0.717) is 0 Å². The lowest BCUT2D eigenvalue weighted by molar-refractivity contribution is 1.23. The molecule has 0 unspecified atom stereocenters. The first kappa shape index (κ1) is 9.27. The van der Waals surface area contributed by atoms with Crippen molar-refractivity contribution in [1.29, 1.82) is 0 Å². The van der Waals surface area contributed by atoms with E-state index in [-0.39, 0.29) is 0 Å². The van der Waals surface area contributed by atoms with Crippen LogP contribution in [0, 0.1) is 6.92 Å². The minimum absolute atomic E-state index is 1.09. The molecule has 0 amide bonds. The zero-order valence-corrected chi connectivity index (χ0v) is 8.45. The van der Waals surface area contributed by atoms with Crippen LogP contribution in [0.25, 0.3) is 12.2 Å². The van der Waals surface area contributed by atoms with Gasteiger partial charge in [0.1, 0.15) is 0 Å². The van der Waals surface area contributed by atoms with Crippen LogP contribution in [0.2, 0.25) is 0 Å². The number of rotatable bonds is 3. The Bertz CT molecular complexity index is 292. The molecule has 0 fully saturated rings. The first-order valence-corrected chi connectivity index (χ1v) is 4.99. The molecule has 0 bridgehead atoms. The lowest BCUT2D eigenvalue weighted by atomic mass is 10.2. The van der Waals surface area contributed by atoms with Gasteiger partial charge in [-0.2, -0.15) is 0 Å². The number of allylic oxidation sites excluding steroid dienone is 1. The highest BCUT2D eigenvalue weighted by Crippen LogP contribution is 2.24. The van der Waals surface area contributed by atoms with Crippen LogP contribution in [-0.4, -0.2) is 0 Å². The maximum atomic E-state index is 3.79. The molecule has 1 heteroatoms. The first-order chi connectivity index (χ1) is 5.77. The third-order valence-corrected chi connectivity index (χ3v) is 2.67. The van der Waals surface area contributed by atoms with E-state index < -0.39 is 0 Å². The van der Waals surface area contributed by atoms with Crippen LogP contribution in [0.5, 0.6) is 0 Å². The van der Waals surface area contributed by atoms with Gasteiger partial charge in [0.15, 0.2) is 0 Å². The fourth-order valence-electron chi connectivity index (χ4n) is 1.07. The molecule has 0 nitrogen and oxygen atoms in total. The summed E-state index contributed by atoms with van der Waals surface area (Å²) in [5.41, 5.74) is 1.25. The van der Waals surface area contributed by atoms with Gasteiger partial charge < -0.3 is 0 Å².